The van der Waals surface area contributed by atoms with Crippen molar-refractivity contribution in [1.29, 1.82) is 0 Å². The lowest BCUT2D eigenvalue weighted by atomic mass is 10.2. The second-order valence-corrected chi connectivity index (χ2v) is 4.98. The molecule has 0 aliphatic carbocycles. The number of rotatable bonds is 4. The molecule has 1 aromatic carbocycles. The molecule has 0 fully saturated rings. The molecule has 7 nitrogen and oxygen atoms in total. The quantitative estimate of drug-likeness (QED) is 0.686. The van der Waals surface area contributed by atoms with E-state index in [-0.39, 0.29) is 6.61 Å². The van der Waals surface area contributed by atoms with Crippen LogP contribution >= 0.6 is 11.6 Å². The lowest BCUT2D eigenvalue weighted by Crippen LogP contribution is -2.12. The lowest BCUT2D eigenvalue weighted by Gasteiger charge is -2.03. The predicted molar refractivity (Wildman–Crippen MR) is 77.6 cm³/mol. The van der Waals surface area contributed by atoms with Crippen molar-refractivity contribution < 1.29 is 18.8 Å². The third kappa shape index (κ3) is 2.62. The van der Waals surface area contributed by atoms with Gasteiger partial charge in [0, 0.05) is 5.02 Å². The van der Waals surface area contributed by atoms with Crippen LogP contribution in [0.3, 0.4) is 0 Å². The fraction of sp³-hybridized carbons (Fsp3) is 0.214. The first-order valence-electron chi connectivity index (χ1n) is 6.40. The summed E-state index contributed by atoms with van der Waals surface area (Å²) in [6, 6.07) is 6.75. The monoisotopic (exact) mass is 321 g/mol. The van der Waals surface area contributed by atoms with Crippen LogP contribution in [0.25, 0.3) is 11.0 Å². The normalized spacial score (nSPS) is 10.9. The SMILES string of the molecule is COC(=O)c1cc(COn2nnc3ccc(Cl)cc32)oc1C. The number of carbonyl (C=O) groups is 1. The van der Waals surface area contributed by atoms with Gasteiger partial charge in [-0.2, -0.15) is 0 Å². The van der Waals surface area contributed by atoms with Gasteiger partial charge in [-0.1, -0.05) is 16.4 Å². The maximum Gasteiger partial charge on any atom is 0.341 e. The number of esters is 1. The van der Waals surface area contributed by atoms with Crippen LogP contribution in [0, 0.1) is 6.92 Å². The highest BCUT2D eigenvalue weighted by atomic mass is 35.5. The smallest absolute Gasteiger partial charge is 0.341 e. The standard InChI is InChI=1S/C14H12ClN3O4/c1-8-11(14(19)20-2)6-10(22-8)7-21-18-13-5-9(15)3-4-12(13)16-17-18/h3-6H,7H2,1-2H3. The number of halogens is 1. The molecule has 0 atom stereocenters. The van der Waals surface area contributed by atoms with Crippen LogP contribution in [-0.2, 0) is 11.3 Å². The Hall–Kier alpha value is -2.54. The average molecular weight is 322 g/mol. The Morgan fingerprint density at radius 2 is 2.23 bits per heavy atom. The maximum absolute atomic E-state index is 11.5. The summed E-state index contributed by atoms with van der Waals surface area (Å²) in [6.45, 7) is 1.77. The minimum atomic E-state index is -0.453. The molecule has 2 aromatic heterocycles. The van der Waals surface area contributed by atoms with E-state index in [1.165, 1.54) is 12.0 Å². The summed E-state index contributed by atoms with van der Waals surface area (Å²) >= 11 is 5.95. The molecule has 0 bridgehead atoms. The van der Waals surface area contributed by atoms with Crippen LogP contribution in [0.15, 0.2) is 28.7 Å². The Morgan fingerprint density at radius 3 is 3.00 bits per heavy atom. The van der Waals surface area contributed by atoms with E-state index < -0.39 is 5.97 Å². The van der Waals surface area contributed by atoms with E-state index in [0.717, 1.165) is 0 Å². The van der Waals surface area contributed by atoms with Crippen LogP contribution in [0.2, 0.25) is 5.02 Å². The van der Waals surface area contributed by atoms with Crippen LogP contribution in [0.5, 0.6) is 0 Å². The molecule has 3 rings (SSSR count). The zero-order valence-electron chi connectivity index (χ0n) is 11.9. The topological polar surface area (TPSA) is 79.4 Å². The van der Waals surface area contributed by atoms with Crippen molar-refractivity contribution in [1.82, 2.24) is 15.2 Å². The number of aromatic nitrogens is 3. The molecule has 0 N–H and O–H groups in total. The Labute approximate surface area is 130 Å². The fourth-order valence-corrected chi connectivity index (χ4v) is 2.19. The molecule has 3 aromatic rings. The highest BCUT2D eigenvalue weighted by Gasteiger charge is 2.16. The van der Waals surface area contributed by atoms with E-state index in [0.29, 0.717) is 33.1 Å². The van der Waals surface area contributed by atoms with E-state index in [1.807, 2.05) is 0 Å². The molecular formula is C14H12ClN3O4. The third-order valence-electron chi connectivity index (χ3n) is 3.08. The van der Waals surface area contributed by atoms with Crippen LogP contribution < -0.4 is 4.84 Å². The van der Waals surface area contributed by atoms with Crippen molar-refractivity contribution in [2.75, 3.05) is 7.11 Å². The summed E-state index contributed by atoms with van der Waals surface area (Å²) in [5.41, 5.74) is 1.67. The highest BCUT2D eigenvalue weighted by molar-refractivity contribution is 6.31. The van der Waals surface area contributed by atoms with Gasteiger partial charge in [-0.25, -0.2) is 4.79 Å². The zero-order valence-corrected chi connectivity index (χ0v) is 12.6. The molecule has 0 aliphatic rings. The van der Waals surface area contributed by atoms with Gasteiger partial charge in [0.25, 0.3) is 0 Å². The first-order chi connectivity index (χ1) is 10.6. The summed E-state index contributed by atoms with van der Waals surface area (Å²) in [5.74, 6) is 0.492. The van der Waals surface area contributed by atoms with E-state index in [4.69, 9.17) is 20.9 Å². The van der Waals surface area contributed by atoms with Crippen molar-refractivity contribution in [3.63, 3.8) is 0 Å². The zero-order chi connectivity index (χ0) is 15.7. The van der Waals surface area contributed by atoms with Crippen LogP contribution in [0.4, 0.5) is 0 Å². The summed E-state index contributed by atoms with van der Waals surface area (Å²) in [4.78, 5) is 18.3. The molecule has 0 spiro atoms. The fourth-order valence-electron chi connectivity index (χ4n) is 2.02. The molecule has 0 saturated heterocycles. The molecule has 0 amide bonds. The molecular weight excluding hydrogens is 310 g/mol. The van der Waals surface area contributed by atoms with Gasteiger partial charge in [0.05, 0.1) is 7.11 Å². The number of hydrogen-bond acceptors (Lipinski definition) is 6. The van der Waals surface area contributed by atoms with Gasteiger partial charge in [0.1, 0.15) is 28.1 Å². The van der Waals surface area contributed by atoms with E-state index in [9.17, 15) is 4.79 Å². The summed E-state index contributed by atoms with van der Waals surface area (Å²) in [5, 5.41) is 8.40. The van der Waals surface area contributed by atoms with Crippen LogP contribution in [0.1, 0.15) is 21.9 Å². The van der Waals surface area contributed by atoms with Crippen molar-refractivity contribution >= 4 is 28.6 Å². The largest absolute Gasteiger partial charge is 0.465 e. The first-order valence-corrected chi connectivity index (χ1v) is 6.78. The van der Waals surface area contributed by atoms with Gasteiger partial charge in [-0.05, 0) is 36.4 Å². The van der Waals surface area contributed by atoms with Gasteiger partial charge in [0.15, 0.2) is 6.61 Å². The van der Waals surface area contributed by atoms with Crippen molar-refractivity contribution in [2.45, 2.75) is 13.5 Å². The van der Waals surface area contributed by atoms with Gasteiger partial charge in [0.2, 0.25) is 0 Å². The van der Waals surface area contributed by atoms with E-state index >= 15 is 0 Å². The predicted octanol–water partition coefficient (Wildman–Crippen LogP) is 2.40. The molecule has 0 aliphatic heterocycles. The summed E-state index contributed by atoms with van der Waals surface area (Å²) in [6.07, 6.45) is 0. The molecule has 0 saturated carbocycles. The number of aryl methyl sites for hydroxylation is 1. The van der Waals surface area contributed by atoms with Crippen LogP contribution in [-0.4, -0.2) is 28.2 Å². The number of furan rings is 1. The second kappa shape index (κ2) is 5.69. The van der Waals surface area contributed by atoms with Crippen molar-refractivity contribution in [3.05, 3.63) is 46.4 Å². The Bertz CT molecular complexity index is 840. The lowest BCUT2D eigenvalue weighted by molar-refractivity contribution is 0.0598. The molecule has 2 heterocycles. The van der Waals surface area contributed by atoms with Gasteiger partial charge >= 0.3 is 5.97 Å². The van der Waals surface area contributed by atoms with E-state index in [1.54, 1.807) is 31.2 Å². The van der Waals surface area contributed by atoms with Crippen molar-refractivity contribution in [3.8, 4) is 0 Å². The van der Waals surface area contributed by atoms with Gasteiger partial charge in [-0.15, -0.1) is 5.10 Å². The Kier molecular flexibility index (Phi) is 3.72. The molecule has 114 valence electrons. The third-order valence-corrected chi connectivity index (χ3v) is 3.32. The number of carbonyl (C=O) groups excluding carboxylic acids is 1. The molecule has 0 radical (unpaired) electrons. The molecule has 22 heavy (non-hydrogen) atoms. The summed E-state index contributed by atoms with van der Waals surface area (Å²) < 4.78 is 10.1. The van der Waals surface area contributed by atoms with Crippen molar-refractivity contribution in [2.24, 2.45) is 0 Å². The Morgan fingerprint density at radius 1 is 1.41 bits per heavy atom. The average Bonchev–Trinajstić information content (AvgIpc) is 3.07. The number of benzene rings is 1. The molecule has 0 unspecified atom stereocenters. The minimum Gasteiger partial charge on any atom is -0.465 e. The minimum absolute atomic E-state index is 0.0861. The number of nitrogens with zero attached hydrogens (tertiary/aromatic N) is 3. The first kappa shape index (κ1) is 14.4. The van der Waals surface area contributed by atoms with E-state index in [2.05, 4.69) is 15.0 Å². The Balaban J connectivity index is 1.79. The maximum atomic E-state index is 11.5. The summed E-state index contributed by atoms with van der Waals surface area (Å²) in [7, 11) is 1.32. The van der Waals surface area contributed by atoms with Gasteiger partial charge in [-0.3, -0.25) is 0 Å². The number of methoxy groups -OCH3 is 1. The second-order valence-electron chi connectivity index (χ2n) is 4.54. The molecule has 8 heteroatoms. The number of fused-ring (bicyclic) bond motifs is 1. The van der Waals surface area contributed by atoms with Gasteiger partial charge < -0.3 is 14.0 Å². The number of ether oxygens (including phenoxy) is 1. The number of hydrogen-bond donors (Lipinski definition) is 0. The highest BCUT2D eigenvalue weighted by Crippen LogP contribution is 2.18.